The number of nitrogens with two attached hydrogens (primary N) is 1. The number of rotatable bonds is 8. The number of fused-ring (bicyclic) bond motifs is 1. The second kappa shape index (κ2) is 9.16. The Labute approximate surface area is 202 Å². The normalized spacial score (nSPS) is 15.5. The molecule has 0 saturated carbocycles. The number of aromatic nitrogens is 4. The van der Waals surface area contributed by atoms with E-state index in [2.05, 4.69) is 32.1 Å². The summed E-state index contributed by atoms with van der Waals surface area (Å²) in [4.78, 5) is 26.9. The number of methoxy groups -OCH3 is 1. The number of benzene rings is 1. The van der Waals surface area contributed by atoms with Crippen LogP contribution in [0, 0.1) is 5.92 Å². The predicted octanol–water partition coefficient (Wildman–Crippen LogP) is 2.53. The molecule has 0 bridgehead atoms. The number of nitrogen functional groups attached to an aromatic ring is 1. The Morgan fingerprint density at radius 3 is 2.71 bits per heavy atom. The van der Waals surface area contributed by atoms with E-state index in [1.54, 1.807) is 32.6 Å². The minimum absolute atomic E-state index is 0.182. The van der Waals surface area contributed by atoms with Gasteiger partial charge in [0.05, 0.1) is 13.4 Å². The van der Waals surface area contributed by atoms with Crippen molar-refractivity contribution in [2.45, 2.75) is 6.42 Å². The smallest absolute Gasteiger partial charge is 0.225 e. The van der Waals surface area contributed by atoms with Gasteiger partial charge < -0.3 is 29.6 Å². The molecule has 1 aliphatic rings. The quantitative estimate of drug-likeness (QED) is 0.383. The fourth-order valence-electron chi connectivity index (χ4n) is 4.56. The molecule has 0 spiro atoms. The number of furan rings is 1. The van der Waals surface area contributed by atoms with E-state index in [-0.39, 0.29) is 5.95 Å². The Bertz CT molecular complexity index is 1320. The number of ether oxygens (including phenoxy) is 1. The van der Waals surface area contributed by atoms with Crippen molar-refractivity contribution in [3.05, 3.63) is 42.7 Å². The van der Waals surface area contributed by atoms with Crippen molar-refractivity contribution in [1.29, 1.82) is 0 Å². The molecule has 1 aliphatic heterocycles. The van der Waals surface area contributed by atoms with E-state index in [9.17, 15) is 4.79 Å². The van der Waals surface area contributed by atoms with E-state index < -0.39 is 0 Å². The van der Waals surface area contributed by atoms with Crippen LogP contribution in [-0.2, 0) is 4.79 Å². The fraction of sp³-hybridized carbons (Fsp3) is 0.333. The summed E-state index contributed by atoms with van der Waals surface area (Å²) in [5.41, 5.74) is 8.42. The molecule has 0 aliphatic carbocycles. The topological polar surface area (TPSA) is 118 Å². The SMILES string of the molecule is COc1ccc(N2CCC(CN(C)c3nc(N)n4nc(-c5ccco5)nc4c3N(C)C=O)C2)cc1. The summed E-state index contributed by atoms with van der Waals surface area (Å²) in [6.07, 6.45) is 3.32. The van der Waals surface area contributed by atoms with Gasteiger partial charge in [-0.05, 0) is 48.7 Å². The number of hydrogen-bond acceptors (Lipinski definition) is 9. The van der Waals surface area contributed by atoms with Crippen LogP contribution < -0.4 is 25.2 Å². The van der Waals surface area contributed by atoms with Crippen LogP contribution in [0.25, 0.3) is 17.2 Å². The molecule has 2 N–H and O–H groups in total. The van der Waals surface area contributed by atoms with Crippen molar-refractivity contribution in [3.63, 3.8) is 0 Å². The van der Waals surface area contributed by atoms with Crippen molar-refractivity contribution in [2.24, 2.45) is 5.92 Å². The molecule has 3 aromatic heterocycles. The van der Waals surface area contributed by atoms with Gasteiger partial charge in [-0.25, -0.2) is 4.98 Å². The van der Waals surface area contributed by atoms with Crippen LogP contribution in [0.2, 0.25) is 0 Å². The Kier molecular flexibility index (Phi) is 5.89. The lowest BCUT2D eigenvalue weighted by Gasteiger charge is -2.27. The lowest BCUT2D eigenvalue weighted by Crippen LogP contribution is -2.31. The van der Waals surface area contributed by atoms with Gasteiger partial charge in [0, 0.05) is 39.4 Å². The minimum Gasteiger partial charge on any atom is -0.497 e. The maximum Gasteiger partial charge on any atom is 0.225 e. The van der Waals surface area contributed by atoms with Crippen molar-refractivity contribution in [1.82, 2.24) is 19.6 Å². The van der Waals surface area contributed by atoms with Gasteiger partial charge in [0.15, 0.2) is 17.2 Å². The van der Waals surface area contributed by atoms with E-state index >= 15 is 0 Å². The average molecular weight is 477 g/mol. The lowest BCUT2D eigenvalue weighted by atomic mass is 10.1. The summed E-state index contributed by atoms with van der Waals surface area (Å²) in [6, 6.07) is 11.7. The van der Waals surface area contributed by atoms with Gasteiger partial charge in [0.2, 0.25) is 18.2 Å². The van der Waals surface area contributed by atoms with Gasteiger partial charge in [-0.1, -0.05) is 0 Å². The molecule has 11 nitrogen and oxygen atoms in total. The first kappa shape index (κ1) is 22.5. The van der Waals surface area contributed by atoms with E-state index in [1.807, 2.05) is 24.1 Å². The highest BCUT2D eigenvalue weighted by Crippen LogP contribution is 2.34. The third-order valence-corrected chi connectivity index (χ3v) is 6.34. The van der Waals surface area contributed by atoms with E-state index in [4.69, 9.17) is 14.9 Å². The summed E-state index contributed by atoms with van der Waals surface area (Å²) < 4.78 is 12.1. The summed E-state index contributed by atoms with van der Waals surface area (Å²) in [7, 11) is 5.29. The highest BCUT2D eigenvalue weighted by atomic mass is 16.5. The first-order valence-electron chi connectivity index (χ1n) is 11.4. The Morgan fingerprint density at radius 1 is 1.23 bits per heavy atom. The molecule has 182 valence electrons. The minimum atomic E-state index is 0.182. The second-order valence-electron chi connectivity index (χ2n) is 8.69. The molecule has 1 atom stereocenters. The number of hydrogen-bond donors (Lipinski definition) is 1. The van der Waals surface area contributed by atoms with Gasteiger partial charge in [0.1, 0.15) is 11.4 Å². The molecule has 5 rings (SSSR count). The first-order chi connectivity index (χ1) is 17.0. The number of carbonyl (C=O) groups excluding carboxylic acids is 1. The highest BCUT2D eigenvalue weighted by molar-refractivity contribution is 5.91. The number of amides is 1. The lowest BCUT2D eigenvalue weighted by molar-refractivity contribution is -0.107. The van der Waals surface area contributed by atoms with E-state index in [0.29, 0.717) is 34.7 Å². The van der Waals surface area contributed by atoms with Crippen molar-refractivity contribution in [2.75, 3.05) is 61.3 Å². The second-order valence-corrected chi connectivity index (χ2v) is 8.69. The molecular formula is C24H28N8O3. The maximum absolute atomic E-state index is 11.8. The van der Waals surface area contributed by atoms with Crippen LogP contribution in [0.3, 0.4) is 0 Å². The van der Waals surface area contributed by atoms with Crippen LogP contribution >= 0.6 is 0 Å². The summed E-state index contributed by atoms with van der Waals surface area (Å²) >= 11 is 0. The molecule has 11 heteroatoms. The molecule has 4 heterocycles. The van der Waals surface area contributed by atoms with E-state index in [0.717, 1.165) is 38.2 Å². The molecule has 1 amide bonds. The fourth-order valence-corrected chi connectivity index (χ4v) is 4.56. The van der Waals surface area contributed by atoms with Crippen LogP contribution in [0.5, 0.6) is 5.75 Å². The van der Waals surface area contributed by atoms with Crippen molar-refractivity contribution < 1.29 is 13.9 Å². The third-order valence-electron chi connectivity index (χ3n) is 6.34. The number of carbonyl (C=O) groups is 1. The van der Waals surface area contributed by atoms with Crippen molar-refractivity contribution in [3.8, 4) is 17.3 Å². The Balaban J connectivity index is 1.41. The standard InChI is InChI=1S/C24H28N8O3/c1-29(13-16-10-11-31(14-16)17-6-8-18(34-3)9-7-17)22-20(30(2)15-33)23-26-21(19-5-4-12-35-19)28-32(23)24(25)27-22/h4-9,12,15-16H,10-11,13-14H2,1-3H3,(H2,25,27). The zero-order chi connectivity index (χ0) is 24.5. The van der Waals surface area contributed by atoms with Gasteiger partial charge in [-0.3, -0.25) is 4.79 Å². The maximum atomic E-state index is 11.8. The number of nitrogens with zero attached hydrogens (tertiary/aromatic N) is 7. The van der Waals surface area contributed by atoms with Gasteiger partial charge >= 0.3 is 0 Å². The third kappa shape index (κ3) is 4.20. The molecule has 1 aromatic carbocycles. The summed E-state index contributed by atoms with van der Waals surface area (Å²) in [5, 5.41) is 4.44. The van der Waals surface area contributed by atoms with E-state index in [1.165, 1.54) is 15.1 Å². The molecule has 35 heavy (non-hydrogen) atoms. The van der Waals surface area contributed by atoms with Crippen LogP contribution in [-0.4, -0.2) is 66.8 Å². The monoisotopic (exact) mass is 476 g/mol. The number of anilines is 4. The zero-order valence-corrected chi connectivity index (χ0v) is 20.0. The zero-order valence-electron chi connectivity index (χ0n) is 20.0. The summed E-state index contributed by atoms with van der Waals surface area (Å²) in [6.45, 7) is 2.63. The summed E-state index contributed by atoms with van der Waals surface area (Å²) in [5.74, 6) is 2.89. The van der Waals surface area contributed by atoms with Gasteiger partial charge in [-0.15, -0.1) is 5.10 Å². The Hall–Kier alpha value is -4.28. The molecule has 1 saturated heterocycles. The molecule has 4 aromatic rings. The average Bonchev–Trinajstić information content (AvgIpc) is 3.64. The van der Waals surface area contributed by atoms with Gasteiger partial charge in [-0.2, -0.15) is 9.50 Å². The highest BCUT2D eigenvalue weighted by Gasteiger charge is 2.28. The van der Waals surface area contributed by atoms with Crippen molar-refractivity contribution >= 4 is 35.2 Å². The van der Waals surface area contributed by atoms with Crippen LogP contribution in [0.15, 0.2) is 47.1 Å². The first-order valence-corrected chi connectivity index (χ1v) is 11.4. The van der Waals surface area contributed by atoms with Crippen LogP contribution in [0.4, 0.5) is 23.1 Å². The van der Waals surface area contributed by atoms with Crippen LogP contribution in [0.1, 0.15) is 6.42 Å². The largest absolute Gasteiger partial charge is 0.497 e. The van der Waals surface area contributed by atoms with Gasteiger partial charge in [0.25, 0.3) is 0 Å². The molecule has 1 unspecified atom stereocenters. The molecule has 1 fully saturated rings. The molecular weight excluding hydrogens is 448 g/mol. The predicted molar refractivity (Wildman–Crippen MR) is 134 cm³/mol. The Morgan fingerprint density at radius 2 is 2.03 bits per heavy atom. The molecule has 0 radical (unpaired) electrons.